The molecule has 5 heteroatoms. The van der Waals surface area contributed by atoms with Gasteiger partial charge in [0.15, 0.2) is 17.5 Å². The normalized spacial score (nSPS) is 12.5. The molecule has 1 N–H and O–H groups in total. The van der Waals surface area contributed by atoms with Crippen LogP contribution in [0.4, 0.5) is 13.2 Å². The number of aliphatic hydroxyl groups is 1. The van der Waals surface area contributed by atoms with E-state index in [-0.39, 0.29) is 5.56 Å². The number of hydrogen-bond acceptors (Lipinski definition) is 1. The summed E-state index contributed by atoms with van der Waals surface area (Å²) in [4.78, 5) is 0. The van der Waals surface area contributed by atoms with Gasteiger partial charge in [-0.15, -0.1) is 0 Å². The van der Waals surface area contributed by atoms with Crippen LogP contribution in [0, 0.1) is 21.0 Å². The summed E-state index contributed by atoms with van der Waals surface area (Å²) in [5, 5.41) is 9.98. The molecule has 0 radical (unpaired) electrons. The van der Waals surface area contributed by atoms with Gasteiger partial charge in [-0.25, -0.2) is 13.2 Å². The number of halogens is 4. The number of rotatable bonds is 2. The summed E-state index contributed by atoms with van der Waals surface area (Å²) in [5.41, 5.74) is 0.141. The van der Waals surface area contributed by atoms with Gasteiger partial charge in [0.05, 0.1) is 0 Å². The summed E-state index contributed by atoms with van der Waals surface area (Å²) < 4.78 is 40.3. The highest BCUT2D eigenvalue weighted by Crippen LogP contribution is 2.27. The van der Waals surface area contributed by atoms with Crippen molar-refractivity contribution in [2.45, 2.75) is 6.10 Å². The molecule has 2 aromatic carbocycles. The zero-order valence-corrected chi connectivity index (χ0v) is 11.2. The second-order valence-corrected chi connectivity index (χ2v) is 4.97. The van der Waals surface area contributed by atoms with Gasteiger partial charge in [-0.2, -0.15) is 0 Å². The van der Waals surface area contributed by atoms with Gasteiger partial charge in [-0.05, 0) is 46.4 Å². The van der Waals surface area contributed by atoms with E-state index in [0.717, 1.165) is 15.7 Å². The Labute approximate surface area is 115 Å². The van der Waals surface area contributed by atoms with Crippen molar-refractivity contribution in [2.75, 3.05) is 0 Å². The molecule has 0 saturated carbocycles. The summed E-state index contributed by atoms with van der Waals surface area (Å²) in [7, 11) is 0. The monoisotopic (exact) mass is 364 g/mol. The maximum Gasteiger partial charge on any atom is 0.194 e. The third-order valence-electron chi connectivity index (χ3n) is 2.52. The summed E-state index contributed by atoms with van der Waals surface area (Å²) in [6.07, 6.45) is -1.32. The molecule has 0 aliphatic carbocycles. The summed E-state index contributed by atoms with van der Waals surface area (Å²) in [6.45, 7) is 0. The Hall–Kier alpha value is -1.08. The quantitative estimate of drug-likeness (QED) is 0.635. The molecule has 0 bridgehead atoms. The third kappa shape index (κ3) is 2.51. The standard InChI is InChI=1S/C13H8F3IO/c14-10-5-4-9(11(15)12(10)16)13(18)7-2-1-3-8(17)6-7/h1-6,13,18H. The fraction of sp³-hybridized carbons (Fsp3) is 0.0769. The van der Waals surface area contributed by atoms with E-state index in [2.05, 4.69) is 0 Å². The van der Waals surface area contributed by atoms with Crippen LogP contribution in [0.15, 0.2) is 36.4 Å². The average Bonchev–Trinajstić information content (AvgIpc) is 2.35. The van der Waals surface area contributed by atoms with E-state index in [1.54, 1.807) is 24.3 Å². The largest absolute Gasteiger partial charge is 0.384 e. The van der Waals surface area contributed by atoms with Crippen molar-refractivity contribution in [3.05, 3.63) is 68.5 Å². The first-order chi connectivity index (χ1) is 8.50. The topological polar surface area (TPSA) is 20.2 Å². The summed E-state index contributed by atoms with van der Waals surface area (Å²) in [5.74, 6) is -4.20. The second-order valence-electron chi connectivity index (χ2n) is 3.72. The molecule has 0 aliphatic heterocycles. The molecule has 0 amide bonds. The molecule has 1 nitrogen and oxygen atoms in total. The second kappa shape index (κ2) is 5.27. The van der Waals surface area contributed by atoms with Gasteiger partial charge >= 0.3 is 0 Å². The summed E-state index contributed by atoms with van der Waals surface area (Å²) in [6, 6.07) is 8.57. The molecule has 94 valence electrons. The molecule has 0 aliphatic rings. The van der Waals surface area contributed by atoms with Crippen molar-refractivity contribution in [3.63, 3.8) is 0 Å². The smallest absolute Gasteiger partial charge is 0.194 e. The van der Waals surface area contributed by atoms with Gasteiger partial charge in [0, 0.05) is 9.13 Å². The zero-order chi connectivity index (χ0) is 13.3. The predicted octanol–water partition coefficient (Wildman–Crippen LogP) is 3.79. The van der Waals surface area contributed by atoms with Crippen LogP contribution < -0.4 is 0 Å². The van der Waals surface area contributed by atoms with Gasteiger partial charge in [-0.1, -0.05) is 18.2 Å². The Morgan fingerprint density at radius 3 is 2.39 bits per heavy atom. The molecular weight excluding hydrogens is 356 g/mol. The zero-order valence-electron chi connectivity index (χ0n) is 9.00. The van der Waals surface area contributed by atoms with Crippen LogP contribution >= 0.6 is 22.6 Å². The van der Waals surface area contributed by atoms with Crippen molar-refractivity contribution >= 4 is 22.6 Å². The molecule has 2 aromatic rings. The molecule has 0 aromatic heterocycles. The van der Waals surface area contributed by atoms with Crippen LogP contribution in [-0.2, 0) is 0 Å². The molecule has 18 heavy (non-hydrogen) atoms. The lowest BCUT2D eigenvalue weighted by Gasteiger charge is -2.13. The minimum atomic E-state index is -1.57. The molecule has 2 rings (SSSR count). The van der Waals surface area contributed by atoms with Crippen molar-refractivity contribution in [2.24, 2.45) is 0 Å². The van der Waals surface area contributed by atoms with Crippen molar-refractivity contribution in [1.82, 2.24) is 0 Å². The van der Waals surface area contributed by atoms with Gasteiger partial charge in [0.1, 0.15) is 6.10 Å². The summed E-state index contributed by atoms with van der Waals surface area (Å²) >= 11 is 2.04. The van der Waals surface area contributed by atoms with Crippen LogP contribution in [-0.4, -0.2) is 5.11 Å². The van der Waals surface area contributed by atoms with Gasteiger partial charge in [0.2, 0.25) is 0 Å². The molecule has 1 atom stereocenters. The van der Waals surface area contributed by atoms with Gasteiger partial charge in [-0.3, -0.25) is 0 Å². The molecule has 0 spiro atoms. The van der Waals surface area contributed by atoms with Crippen LogP contribution in [0.1, 0.15) is 17.2 Å². The van der Waals surface area contributed by atoms with E-state index in [0.29, 0.717) is 5.56 Å². The number of hydrogen-bond donors (Lipinski definition) is 1. The van der Waals surface area contributed by atoms with Crippen molar-refractivity contribution < 1.29 is 18.3 Å². The van der Waals surface area contributed by atoms with Crippen LogP contribution in [0.2, 0.25) is 0 Å². The molecule has 0 heterocycles. The lowest BCUT2D eigenvalue weighted by molar-refractivity contribution is 0.212. The van der Waals surface area contributed by atoms with Crippen molar-refractivity contribution in [3.8, 4) is 0 Å². The van der Waals surface area contributed by atoms with E-state index >= 15 is 0 Å². The van der Waals surface area contributed by atoms with Crippen LogP contribution in [0.3, 0.4) is 0 Å². The average molecular weight is 364 g/mol. The first kappa shape index (κ1) is 13.4. The van der Waals surface area contributed by atoms with Crippen LogP contribution in [0.5, 0.6) is 0 Å². The number of aliphatic hydroxyl groups excluding tert-OH is 1. The Balaban J connectivity index is 2.46. The number of benzene rings is 2. The Morgan fingerprint density at radius 1 is 1.00 bits per heavy atom. The molecule has 0 fully saturated rings. The Morgan fingerprint density at radius 2 is 1.72 bits per heavy atom. The first-order valence-corrected chi connectivity index (χ1v) is 6.15. The minimum Gasteiger partial charge on any atom is -0.384 e. The highest BCUT2D eigenvalue weighted by Gasteiger charge is 2.20. The molecular formula is C13H8F3IO. The van der Waals surface area contributed by atoms with E-state index in [1.165, 1.54) is 0 Å². The Bertz CT molecular complexity index is 586. The molecule has 1 unspecified atom stereocenters. The first-order valence-electron chi connectivity index (χ1n) is 5.07. The van der Waals surface area contributed by atoms with E-state index in [9.17, 15) is 18.3 Å². The minimum absolute atomic E-state index is 0.282. The Kier molecular flexibility index (Phi) is 3.91. The van der Waals surface area contributed by atoms with E-state index in [1.807, 2.05) is 22.6 Å². The fourth-order valence-electron chi connectivity index (χ4n) is 1.61. The maximum atomic E-state index is 13.5. The predicted molar refractivity (Wildman–Crippen MR) is 69.5 cm³/mol. The van der Waals surface area contributed by atoms with Gasteiger partial charge in [0.25, 0.3) is 0 Å². The third-order valence-corrected chi connectivity index (χ3v) is 3.20. The highest BCUT2D eigenvalue weighted by atomic mass is 127. The van der Waals surface area contributed by atoms with E-state index in [4.69, 9.17) is 0 Å². The highest BCUT2D eigenvalue weighted by molar-refractivity contribution is 14.1. The van der Waals surface area contributed by atoms with E-state index < -0.39 is 23.6 Å². The van der Waals surface area contributed by atoms with Crippen molar-refractivity contribution in [1.29, 1.82) is 0 Å². The lowest BCUT2D eigenvalue weighted by Crippen LogP contribution is -2.05. The van der Waals surface area contributed by atoms with Gasteiger partial charge < -0.3 is 5.11 Å². The molecule has 0 saturated heterocycles. The fourth-order valence-corrected chi connectivity index (χ4v) is 2.18. The van der Waals surface area contributed by atoms with Crippen LogP contribution in [0.25, 0.3) is 0 Å². The SMILES string of the molecule is OC(c1cccc(I)c1)c1ccc(F)c(F)c1F. The maximum absolute atomic E-state index is 13.5. The lowest BCUT2D eigenvalue weighted by atomic mass is 10.0.